The number of benzene rings is 1. The topological polar surface area (TPSA) is 62.2 Å². The highest BCUT2D eigenvalue weighted by Crippen LogP contribution is 2.21. The predicted molar refractivity (Wildman–Crippen MR) is 72.7 cm³/mol. The summed E-state index contributed by atoms with van der Waals surface area (Å²) in [6.07, 6.45) is 0. The molecule has 0 aliphatic heterocycles. The summed E-state index contributed by atoms with van der Waals surface area (Å²) >= 11 is 1.60. The van der Waals surface area contributed by atoms with Gasteiger partial charge in [-0.3, -0.25) is 10.1 Å². The Morgan fingerprint density at radius 2 is 2.17 bits per heavy atom. The molecule has 0 aliphatic carbocycles. The van der Waals surface area contributed by atoms with Gasteiger partial charge in [-0.2, -0.15) is 0 Å². The van der Waals surface area contributed by atoms with E-state index in [9.17, 15) is 4.79 Å². The molecule has 96 valence electrons. The number of rotatable bonds is 5. The lowest BCUT2D eigenvalue weighted by molar-refractivity contribution is -0.140. The van der Waals surface area contributed by atoms with Crippen LogP contribution in [-0.2, 0) is 11.3 Å². The average Bonchev–Trinajstić information content (AvgIpc) is 2.70. The summed E-state index contributed by atoms with van der Waals surface area (Å²) in [5.41, 5.74) is 0.968. The molecule has 0 fully saturated rings. The quantitative estimate of drug-likeness (QED) is 0.871. The molecule has 1 atom stereocenters. The lowest BCUT2D eigenvalue weighted by Crippen LogP contribution is -2.40. The van der Waals surface area contributed by atoms with E-state index < -0.39 is 12.0 Å². The minimum atomic E-state index is -0.814. The van der Waals surface area contributed by atoms with Gasteiger partial charge in [0, 0.05) is 6.54 Å². The summed E-state index contributed by atoms with van der Waals surface area (Å²) in [7, 11) is 0. The molecule has 2 N–H and O–H groups in total. The number of carboxylic acid groups (broad SMARTS) is 1. The van der Waals surface area contributed by atoms with Crippen molar-refractivity contribution in [1.29, 1.82) is 0 Å². The number of hydrogen-bond acceptors (Lipinski definition) is 4. The van der Waals surface area contributed by atoms with Crippen LogP contribution in [0.15, 0.2) is 24.3 Å². The fraction of sp³-hybridized carbons (Fsp3) is 0.385. The summed E-state index contributed by atoms with van der Waals surface area (Å²) in [6.45, 7) is 4.28. The Morgan fingerprint density at radius 1 is 1.44 bits per heavy atom. The van der Waals surface area contributed by atoms with Crippen molar-refractivity contribution in [3.63, 3.8) is 0 Å². The number of nitrogens with zero attached hydrogens (tertiary/aromatic N) is 1. The van der Waals surface area contributed by atoms with Crippen LogP contribution in [-0.4, -0.2) is 22.1 Å². The van der Waals surface area contributed by atoms with Crippen molar-refractivity contribution in [3.8, 4) is 0 Å². The Morgan fingerprint density at radius 3 is 2.78 bits per heavy atom. The molecule has 5 heteroatoms. The molecule has 1 aromatic carbocycles. The number of fused-ring (bicyclic) bond motifs is 1. The first-order valence-corrected chi connectivity index (χ1v) is 6.70. The Bertz CT molecular complexity index is 518. The maximum absolute atomic E-state index is 11.1. The first-order chi connectivity index (χ1) is 8.58. The molecular formula is C13H16N2O2S. The number of nitrogens with one attached hydrogen (secondary N) is 1. The molecule has 18 heavy (non-hydrogen) atoms. The molecule has 0 spiro atoms. The van der Waals surface area contributed by atoms with E-state index in [0.29, 0.717) is 6.54 Å². The lowest BCUT2D eigenvalue weighted by atomic mass is 10.1. The molecule has 0 saturated heterocycles. The van der Waals surface area contributed by atoms with Gasteiger partial charge in [0.05, 0.1) is 10.2 Å². The van der Waals surface area contributed by atoms with Crippen LogP contribution in [0, 0.1) is 5.92 Å². The molecule has 0 aliphatic rings. The van der Waals surface area contributed by atoms with Crippen LogP contribution >= 0.6 is 11.3 Å². The molecular weight excluding hydrogens is 248 g/mol. The van der Waals surface area contributed by atoms with E-state index in [-0.39, 0.29) is 5.92 Å². The van der Waals surface area contributed by atoms with Crippen LogP contribution in [0.3, 0.4) is 0 Å². The fourth-order valence-electron chi connectivity index (χ4n) is 1.80. The van der Waals surface area contributed by atoms with Crippen LogP contribution in [0.25, 0.3) is 10.2 Å². The first kappa shape index (κ1) is 13.0. The molecule has 1 heterocycles. The van der Waals surface area contributed by atoms with Crippen molar-refractivity contribution in [2.75, 3.05) is 0 Å². The monoisotopic (exact) mass is 264 g/mol. The molecule has 0 bridgehead atoms. The number of thiazole rings is 1. The van der Waals surface area contributed by atoms with Crippen LogP contribution in [0.1, 0.15) is 18.9 Å². The van der Waals surface area contributed by atoms with E-state index >= 15 is 0 Å². The lowest BCUT2D eigenvalue weighted by Gasteiger charge is -2.16. The Hall–Kier alpha value is -1.46. The second-order valence-corrected chi connectivity index (χ2v) is 5.63. The van der Waals surface area contributed by atoms with Gasteiger partial charge in [0.25, 0.3) is 0 Å². The highest BCUT2D eigenvalue weighted by molar-refractivity contribution is 7.18. The zero-order valence-electron chi connectivity index (χ0n) is 10.4. The van der Waals surface area contributed by atoms with Gasteiger partial charge >= 0.3 is 5.97 Å². The van der Waals surface area contributed by atoms with Crippen LogP contribution in [0.5, 0.6) is 0 Å². The number of aromatic nitrogens is 1. The van der Waals surface area contributed by atoms with Crippen molar-refractivity contribution in [3.05, 3.63) is 29.3 Å². The smallest absolute Gasteiger partial charge is 0.320 e. The highest BCUT2D eigenvalue weighted by Gasteiger charge is 2.20. The first-order valence-electron chi connectivity index (χ1n) is 5.88. The van der Waals surface area contributed by atoms with E-state index in [1.54, 1.807) is 11.3 Å². The summed E-state index contributed by atoms with van der Waals surface area (Å²) < 4.78 is 1.13. The van der Waals surface area contributed by atoms with Gasteiger partial charge in [0.15, 0.2) is 0 Å². The molecule has 1 unspecified atom stereocenters. The standard InChI is InChI=1S/C13H16N2O2S/c1-8(2)12(13(16)17)14-7-11-15-9-5-3-4-6-10(9)18-11/h3-6,8,12,14H,7H2,1-2H3,(H,16,17). The van der Waals surface area contributed by atoms with Crippen molar-refractivity contribution in [2.24, 2.45) is 5.92 Å². The third-order valence-electron chi connectivity index (χ3n) is 2.74. The number of carbonyl (C=O) groups is 1. The maximum Gasteiger partial charge on any atom is 0.320 e. The molecule has 0 saturated carbocycles. The minimum Gasteiger partial charge on any atom is -0.480 e. The van der Waals surface area contributed by atoms with Gasteiger partial charge in [0.1, 0.15) is 11.0 Å². The number of carboxylic acids is 1. The van der Waals surface area contributed by atoms with Crippen molar-refractivity contribution < 1.29 is 9.90 Å². The van der Waals surface area contributed by atoms with Gasteiger partial charge in [-0.05, 0) is 18.1 Å². The molecule has 2 rings (SSSR count). The third kappa shape index (κ3) is 2.86. The minimum absolute atomic E-state index is 0.0527. The Labute approximate surface area is 110 Å². The summed E-state index contributed by atoms with van der Waals surface area (Å²) in [5.74, 6) is -0.761. The molecule has 0 radical (unpaired) electrons. The normalized spacial score (nSPS) is 13.1. The molecule has 4 nitrogen and oxygen atoms in total. The average molecular weight is 264 g/mol. The largest absolute Gasteiger partial charge is 0.480 e. The maximum atomic E-state index is 11.1. The van der Waals surface area contributed by atoms with Crippen LogP contribution < -0.4 is 5.32 Å². The molecule has 2 aromatic rings. The van der Waals surface area contributed by atoms with Gasteiger partial charge in [-0.1, -0.05) is 26.0 Å². The van der Waals surface area contributed by atoms with Crippen molar-refractivity contribution in [1.82, 2.24) is 10.3 Å². The third-order valence-corrected chi connectivity index (χ3v) is 3.78. The van der Waals surface area contributed by atoms with E-state index in [4.69, 9.17) is 5.11 Å². The SMILES string of the molecule is CC(C)C(NCc1nc2ccccc2s1)C(=O)O. The Kier molecular flexibility index (Phi) is 3.93. The van der Waals surface area contributed by atoms with Gasteiger partial charge in [-0.25, -0.2) is 4.98 Å². The second-order valence-electron chi connectivity index (χ2n) is 4.52. The van der Waals surface area contributed by atoms with Gasteiger partial charge < -0.3 is 5.11 Å². The number of aliphatic carboxylic acids is 1. The van der Waals surface area contributed by atoms with Crippen LogP contribution in [0.2, 0.25) is 0 Å². The van der Waals surface area contributed by atoms with Gasteiger partial charge in [0.2, 0.25) is 0 Å². The molecule has 0 amide bonds. The summed E-state index contributed by atoms with van der Waals surface area (Å²) in [5, 5.41) is 13.0. The number of para-hydroxylation sites is 1. The summed E-state index contributed by atoms with van der Waals surface area (Å²) in [6, 6.07) is 7.39. The van der Waals surface area contributed by atoms with Crippen molar-refractivity contribution in [2.45, 2.75) is 26.4 Å². The zero-order chi connectivity index (χ0) is 13.1. The van der Waals surface area contributed by atoms with Crippen molar-refractivity contribution >= 4 is 27.5 Å². The second kappa shape index (κ2) is 5.46. The summed E-state index contributed by atoms with van der Waals surface area (Å²) in [4.78, 5) is 15.5. The highest BCUT2D eigenvalue weighted by atomic mass is 32.1. The number of hydrogen-bond donors (Lipinski definition) is 2. The Balaban J connectivity index is 2.07. The predicted octanol–water partition coefficient (Wildman–Crippen LogP) is 2.50. The van der Waals surface area contributed by atoms with E-state index in [1.165, 1.54) is 0 Å². The van der Waals surface area contributed by atoms with Gasteiger partial charge in [-0.15, -0.1) is 11.3 Å². The van der Waals surface area contributed by atoms with E-state index in [0.717, 1.165) is 15.2 Å². The molecule has 1 aromatic heterocycles. The zero-order valence-corrected chi connectivity index (χ0v) is 11.2. The van der Waals surface area contributed by atoms with E-state index in [1.807, 2.05) is 38.1 Å². The van der Waals surface area contributed by atoms with E-state index in [2.05, 4.69) is 10.3 Å². The fourth-order valence-corrected chi connectivity index (χ4v) is 2.72. The van der Waals surface area contributed by atoms with Crippen LogP contribution in [0.4, 0.5) is 0 Å².